The molecule has 2 rings (SSSR count). The average Bonchev–Trinajstić information content (AvgIpc) is 2.50. The summed E-state index contributed by atoms with van der Waals surface area (Å²) in [5, 5.41) is 11.0. The molecule has 1 aromatic heterocycles. The molecule has 1 aromatic rings. The van der Waals surface area contributed by atoms with Gasteiger partial charge in [-0.15, -0.1) is 0 Å². The number of aromatic nitrogens is 1. The zero-order valence-corrected chi connectivity index (χ0v) is 13.9. The molecular formula is C13H22N3O2PS. The monoisotopic (exact) mass is 315 g/mol. The summed E-state index contributed by atoms with van der Waals surface area (Å²) in [6, 6.07) is 1.90. The largest absolute Gasteiger partial charge is 0.387 e. The molecule has 1 aliphatic heterocycles. The van der Waals surface area contributed by atoms with E-state index in [1.807, 2.05) is 19.9 Å². The molecule has 1 atom stereocenters. The Hall–Kier alpha value is -0.870. The molecule has 0 spiro atoms. The first-order valence-corrected chi connectivity index (χ1v) is 8.76. The van der Waals surface area contributed by atoms with Gasteiger partial charge in [0.15, 0.2) is 0 Å². The number of thiol groups is 1. The third-order valence-corrected chi connectivity index (χ3v) is 4.53. The van der Waals surface area contributed by atoms with Crippen LogP contribution in [0.25, 0.3) is 0 Å². The summed E-state index contributed by atoms with van der Waals surface area (Å²) in [6.07, 6.45) is 5.81. The molecule has 0 bridgehead atoms. The average molecular weight is 315 g/mol. The van der Waals surface area contributed by atoms with E-state index < -0.39 is 0 Å². The molecule has 1 unspecified atom stereocenters. The highest BCUT2D eigenvalue weighted by molar-refractivity contribution is 7.80. The molecule has 0 N–H and O–H groups in total. The van der Waals surface area contributed by atoms with Gasteiger partial charge in [-0.2, -0.15) is 12.6 Å². The predicted octanol–water partition coefficient (Wildman–Crippen LogP) is 3.68. The van der Waals surface area contributed by atoms with Crippen LogP contribution in [0.3, 0.4) is 0 Å². The molecule has 20 heavy (non-hydrogen) atoms. The maximum atomic E-state index is 11.0. The van der Waals surface area contributed by atoms with Crippen molar-refractivity contribution in [3.05, 3.63) is 27.9 Å². The van der Waals surface area contributed by atoms with Crippen molar-refractivity contribution >= 4 is 32.9 Å². The lowest BCUT2D eigenvalue weighted by molar-refractivity contribution is -0.388. The highest BCUT2D eigenvalue weighted by Crippen LogP contribution is 2.37. The second-order valence-corrected chi connectivity index (χ2v) is 5.99. The maximum absolute atomic E-state index is 11.0. The Morgan fingerprint density at radius 3 is 2.80 bits per heavy atom. The third-order valence-electron chi connectivity index (χ3n) is 2.88. The van der Waals surface area contributed by atoms with Gasteiger partial charge in [-0.25, -0.2) is 0 Å². The van der Waals surface area contributed by atoms with Gasteiger partial charge in [-0.05, 0) is 61.4 Å². The van der Waals surface area contributed by atoms with Crippen LogP contribution in [0.5, 0.6) is 0 Å². The van der Waals surface area contributed by atoms with Crippen molar-refractivity contribution < 1.29 is 4.92 Å². The molecule has 2 heterocycles. The Bertz CT molecular complexity index is 440. The van der Waals surface area contributed by atoms with E-state index in [-0.39, 0.29) is 10.7 Å². The van der Waals surface area contributed by atoms with Gasteiger partial charge in [0.1, 0.15) is 11.9 Å². The number of nitro groups is 1. The summed E-state index contributed by atoms with van der Waals surface area (Å²) in [5.41, 5.74) is 1.69. The van der Waals surface area contributed by atoms with Crippen LogP contribution < -0.4 is 4.67 Å². The zero-order chi connectivity index (χ0) is 15.0. The summed E-state index contributed by atoms with van der Waals surface area (Å²) < 4.78 is 2.11. The second kappa shape index (κ2) is 9.14. The molecule has 1 aliphatic rings. The number of hydrogen-bond acceptors (Lipinski definition) is 5. The van der Waals surface area contributed by atoms with E-state index in [0.717, 1.165) is 36.9 Å². The highest BCUT2D eigenvalue weighted by atomic mass is 32.1. The Kier molecular flexibility index (Phi) is 7.85. The maximum Gasteiger partial charge on any atom is 0.387 e. The summed E-state index contributed by atoms with van der Waals surface area (Å²) in [7, 11) is 0.628. The van der Waals surface area contributed by atoms with Crippen molar-refractivity contribution in [2.75, 3.05) is 23.1 Å². The van der Waals surface area contributed by atoms with Gasteiger partial charge in [-0.1, -0.05) is 13.8 Å². The van der Waals surface area contributed by atoms with Gasteiger partial charge in [0.25, 0.3) is 0 Å². The molecule has 0 radical (unpaired) electrons. The minimum atomic E-state index is -0.390. The van der Waals surface area contributed by atoms with Crippen molar-refractivity contribution in [1.29, 1.82) is 0 Å². The van der Waals surface area contributed by atoms with Crippen LogP contribution in [0, 0.1) is 10.1 Å². The first kappa shape index (κ1) is 17.2. The van der Waals surface area contributed by atoms with Crippen molar-refractivity contribution in [2.45, 2.75) is 33.1 Å². The molecule has 1 fully saturated rings. The van der Waals surface area contributed by atoms with E-state index in [9.17, 15) is 10.1 Å². The fourth-order valence-corrected chi connectivity index (χ4v) is 3.57. The van der Waals surface area contributed by atoms with Crippen LogP contribution in [-0.2, 0) is 6.42 Å². The Morgan fingerprint density at radius 2 is 2.25 bits per heavy atom. The molecule has 1 saturated heterocycles. The number of pyridine rings is 1. The molecular weight excluding hydrogens is 293 g/mol. The number of hydrogen-bond donors (Lipinski definition) is 1. The van der Waals surface area contributed by atoms with E-state index in [2.05, 4.69) is 22.3 Å². The highest BCUT2D eigenvalue weighted by Gasteiger charge is 2.23. The molecule has 0 aliphatic carbocycles. The molecule has 0 aromatic carbocycles. The number of anilines is 1. The molecule has 7 heteroatoms. The van der Waals surface area contributed by atoms with Crippen LogP contribution >= 0.6 is 21.4 Å². The van der Waals surface area contributed by atoms with Gasteiger partial charge in [0.05, 0.1) is 0 Å². The SMILES string of the molecule is CC.O=[N+]([O-])c1ncc(CCS)cc1N1CCCCP1. The molecule has 112 valence electrons. The fourth-order valence-electron chi connectivity index (χ4n) is 1.99. The minimum Gasteiger partial charge on any atom is -0.358 e. The van der Waals surface area contributed by atoms with Crippen molar-refractivity contribution in [1.82, 2.24) is 4.98 Å². The van der Waals surface area contributed by atoms with Gasteiger partial charge < -0.3 is 14.8 Å². The lowest BCUT2D eigenvalue weighted by Crippen LogP contribution is -2.20. The van der Waals surface area contributed by atoms with Crippen LogP contribution in [0.4, 0.5) is 11.5 Å². The molecule has 0 saturated carbocycles. The minimum absolute atomic E-state index is 0.0210. The Morgan fingerprint density at radius 1 is 1.50 bits per heavy atom. The van der Waals surface area contributed by atoms with E-state index in [1.165, 1.54) is 6.42 Å². The number of rotatable bonds is 4. The quantitative estimate of drug-likeness (QED) is 0.398. The topological polar surface area (TPSA) is 59.3 Å². The third kappa shape index (κ3) is 4.60. The van der Waals surface area contributed by atoms with Gasteiger partial charge >= 0.3 is 5.82 Å². The second-order valence-electron chi connectivity index (χ2n) is 4.18. The zero-order valence-electron chi connectivity index (χ0n) is 12.0. The smallest absolute Gasteiger partial charge is 0.358 e. The van der Waals surface area contributed by atoms with Crippen molar-refractivity contribution in [3.8, 4) is 0 Å². The first-order chi connectivity index (χ1) is 9.72. The van der Waals surface area contributed by atoms with Crippen molar-refractivity contribution in [3.63, 3.8) is 0 Å². The van der Waals surface area contributed by atoms with Crippen LogP contribution in [0.2, 0.25) is 0 Å². The van der Waals surface area contributed by atoms with Crippen molar-refractivity contribution in [2.24, 2.45) is 0 Å². The normalized spacial score (nSPS) is 15.7. The van der Waals surface area contributed by atoms with Gasteiger partial charge in [0, 0.05) is 6.54 Å². The lowest BCUT2D eigenvalue weighted by atomic mass is 10.2. The van der Waals surface area contributed by atoms with Crippen LogP contribution in [-0.4, -0.2) is 28.4 Å². The van der Waals surface area contributed by atoms with E-state index in [4.69, 9.17) is 0 Å². The van der Waals surface area contributed by atoms with E-state index >= 15 is 0 Å². The number of nitrogens with zero attached hydrogens (tertiary/aromatic N) is 3. The van der Waals surface area contributed by atoms with E-state index in [1.54, 1.807) is 6.20 Å². The number of aryl methyl sites for hydroxylation is 1. The van der Waals surface area contributed by atoms with Crippen LogP contribution in [0.1, 0.15) is 32.3 Å². The summed E-state index contributed by atoms with van der Waals surface area (Å²) in [5.74, 6) is 0.702. The standard InChI is InChI=1S/C11H16N3O2PS.C2H6/c15-14(16)11-10(13-4-1-2-5-17-13)7-9(3-6-18)8-12-11;1-2/h7-8,17-18H,1-6H2;1-2H3. The molecule has 0 amide bonds. The molecule has 5 nitrogen and oxygen atoms in total. The summed E-state index contributed by atoms with van der Waals surface area (Å²) in [6.45, 7) is 4.89. The van der Waals surface area contributed by atoms with Crippen LogP contribution in [0.15, 0.2) is 12.3 Å². The fraction of sp³-hybridized carbons (Fsp3) is 0.615. The predicted molar refractivity (Wildman–Crippen MR) is 89.6 cm³/mol. The summed E-state index contributed by atoms with van der Waals surface area (Å²) >= 11 is 4.19. The van der Waals surface area contributed by atoms with E-state index in [0.29, 0.717) is 14.4 Å². The summed E-state index contributed by atoms with van der Waals surface area (Å²) in [4.78, 5) is 14.6. The van der Waals surface area contributed by atoms with Gasteiger partial charge in [0.2, 0.25) is 0 Å². The Labute approximate surface area is 127 Å². The Balaban J connectivity index is 0.000000956. The lowest BCUT2D eigenvalue weighted by Gasteiger charge is -2.27. The van der Waals surface area contributed by atoms with Gasteiger partial charge in [-0.3, -0.25) is 0 Å². The first-order valence-electron chi connectivity index (χ1n) is 6.97.